The van der Waals surface area contributed by atoms with Crippen molar-refractivity contribution in [3.8, 4) is 0 Å². The number of primary sulfonamides is 1. The van der Waals surface area contributed by atoms with Gasteiger partial charge in [-0.25, -0.2) is 18.5 Å². The van der Waals surface area contributed by atoms with Crippen molar-refractivity contribution in [1.82, 2.24) is 14.7 Å². The molecular weight excluding hydrogens is 352 g/mol. The van der Waals surface area contributed by atoms with Gasteiger partial charge in [0, 0.05) is 12.7 Å². The summed E-state index contributed by atoms with van der Waals surface area (Å²) in [7, 11) is -3.72. The molecule has 0 aliphatic rings. The van der Waals surface area contributed by atoms with Crippen molar-refractivity contribution in [3.63, 3.8) is 0 Å². The van der Waals surface area contributed by atoms with Gasteiger partial charge in [-0.3, -0.25) is 9.20 Å². The zero-order chi connectivity index (χ0) is 18.9. The number of benzene rings is 1. The number of amides is 1. The maximum atomic E-state index is 12.7. The largest absolute Gasteiger partial charge is 0.347 e. The molecule has 7 nitrogen and oxygen atoms in total. The number of nitrogens with two attached hydrogens (primary N) is 1. The molecule has 0 spiro atoms. The summed E-state index contributed by atoms with van der Waals surface area (Å²) >= 11 is 0. The van der Waals surface area contributed by atoms with Gasteiger partial charge in [-0.2, -0.15) is 0 Å². The van der Waals surface area contributed by atoms with E-state index in [4.69, 9.17) is 5.14 Å². The molecule has 0 radical (unpaired) electrons. The normalized spacial score (nSPS) is 11.7. The Bertz CT molecular complexity index is 1070. The van der Waals surface area contributed by atoms with Crippen LogP contribution in [0.2, 0.25) is 0 Å². The second-order valence-electron chi connectivity index (χ2n) is 6.02. The Hall–Kier alpha value is -2.71. The van der Waals surface area contributed by atoms with Crippen molar-refractivity contribution in [2.24, 2.45) is 5.14 Å². The fraction of sp³-hybridized carbons (Fsp3) is 0.222. The van der Waals surface area contributed by atoms with Gasteiger partial charge in [-0.05, 0) is 42.7 Å². The number of fused-ring (bicyclic) bond motifs is 1. The molecule has 2 aromatic heterocycles. The lowest BCUT2D eigenvalue weighted by Gasteiger charge is -2.08. The van der Waals surface area contributed by atoms with Crippen LogP contribution in [0.4, 0.5) is 0 Å². The Morgan fingerprint density at radius 3 is 2.54 bits per heavy atom. The summed E-state index contributed by atoms with van der Waals surface area (Å²) in [5.74, 6) is -0.226. The Morgan fingerprint density at radius 2 is 1.92 bits per heavy atom. The fourth-order valence-corrected chi connectivity index (χ4v) is 3.32. The number of aromatic nitrogens is 2. The van der Waals surface area contributed by atoms with Crippen molar-refractivity contribution in [1.29, 1.82) is 0 Å². The second-order valence-corrected chi connectivity index (χ2v) is 7.58. The van der Waals surface area contributed by atoms with Crippen molar-refractivity contribution in [2.45, 2.75) is 31.7 Å². The van der Waals surface area contributed by atoms with Crippen LogP contribution in [0.25, 0.3) is 5.65 Å². The van der Waals surface area contributed by atoms with Crippen LogP contribution in [0.15, 0.2) is 47.5 Å². The number of carbonyl (C=O) groups is 1. The Kier molecular flexibility index (Phi) is 4.80. The van der Waals surface area contributed by atoms with Gasteiger partial charge in [0.25, 0.3) is 5.91 Å². The lowest BCUT2D eigenvalue weighted by molar-refractivity contribution is 0.0944. The Morgan fingerprint density at radius 1 is 1.23 bits per heavy atom. The van der Waals surface area contributed by atoms with Crippen LogP contribution in [0.5, 0.6) is 0 Å². The molecule has 3 N–H and O–H groups in total. The number of carbonyl (C=O) groups excluding carboxylic acids is 1. The first-order valence-electron chi connectivity index (χ1n) is 8.17. The van der Waals surface area contributed by atoms with Crippen LogP contribution < -0.4 is 10.5 Å². The number of sulfonamides is 1. The van der Waals surface area contributed by atoms with Crippen LogP contribution >= 0.6 is 0 Å². The number of rotatable bonds is 5. The number of hydrogen-bond donors (Lipinski definition) is 2. The monoisotopic (exact) mass is 372 g/mol. The molecule has 0 aliphatic heterocycles. The topological polar surface area (TPSA) is 107 Å². The van der Waals surface area contributed by atoms with Crippen LogP contribution in [0.1, 0.15) is 34.2 Å². The number of aryl methyl sites for hydroxylation is 2. The molecule has 0 saturated carbocycles. The lowest BCUT2D eigenvalue weighted by Crippen LogP contribution is -2.25. The summed E-state index contributed by atoms with van der Waals surface area (Å²) < 4.78 is 24.4. The summed E-state index contributed by atoms with van der Waals surface area (Å²) in [6, 6.07) is 9.93. The van der Waals surface area contributed by atoms with Gasteiger partial charge < -0.3 is 5.32 Å². The van der Waals surface area contributed by atoms with E-state index >= 15 is 0 Å². The summed E-state index contributed by atoms with van der Waals surface area (Å²) in [4.78, 5) is 17.3. The highest BCUT2D eigenvalue weighted by molar-refractivity contribution is 7.89. The van der Waals surface area contributed by atoms with Crippen LogP contribution in [-0.2, 0) is 23.0 Å². The standard InChI is InChI=1S/C18H20N4O3S/c1-3-15-16(22-10-4-5-12(2)17(22)21-15)18(23)20-11-13-6-8-14(9-7-13)26(19,24)25/h4-10H,3,11H2,1-2H3,(H,20,23)(H2,19,24,25). The third-order valence-corrected chi connectivity index (χ3v) is 5.10. The molecule has 2 heterocycles. The first-order chi connectivity index (χ1) is 12.3. The zero-order valence-electron chi connectivity index (χ0n) is 14.6. The Labute approximate surface area is 151 Å². The summed E-state index contributed by atoms with van der Waals surface area (Å²) in [5, 5.41) is 7.95. The van der Waals surface area contributed by atoms with E-state index in [0.717, 1.165) is 22.5 Å². The number of nitrogens with one attached hydrogen (secondary N) is 1. The van der Waals surface area contributed by atoms with E-state index < -0.39 is 10.0 Å². The molecule has 3 rings (SSSR count). The fourth-order valence-electron chi connectivity index (χ4n) is 2.80. The van der Waals surface area contributed by atoms with E-state index in [9.17, 15) is 13.2 Å². The smallest absolute Gasteiger partial charge is 0.270 e. The number of hydrogen-bond acceptors (Lipinski definition) is 4. The van der Waals surface area contributed by atoms with Gasteiger partial charge in [-0.15, -0.1) is 0 Å². The average molecular weight is 372 g/mol. The SMILES string of the molecule is CCc1nc2c(C)cccn2c1C(=O)NCc1ccc(S(N)(=O)=O)cc1. The van der Waals surface area contributed by atoms with Crippen molar-refractivity contribution in [3.05, 3.63) is 65.1 Å². The van der Waals surface area contributed by atoms with Crippen molar-refractivity contribution >= 4 is 21.6 Å². The van der Waals surface area contributed by atoms with Gasteiger partial charge in [0.05, 0.1) is 10.6 Å². The third-order valence-electron chi connectivity index (χ3n) is 4.17. The first-order valence-corrected chi connectivity index (χ1v) is 9.72. The molecule has 0 unspecified atom stereocenters. The van der Waals surface area contributed by atoms with Gasteiger partial charge in [0.15, 0.2) is 0 Å². The predicted octanol–water partition coefficient (Wildman–Crippen LogP) is 1.78. The highest BCUT2D eigenvalue weighted by Crippen LogP contribution is 2.17. The summed E-state index contributed by atoms with van der Waals surface area (Å²) in [6.07, 6.45) is 2.47. The minimum atomic E-state index is -3.72. The molecule has 0 bridgehead atoms. The van der Waals surface area contributed by atoms with E-state index in [1.165, 1.54) is 12.1 Å². The molecule has 26 heavy (non-hydrogen) atoms. The number of imidazole rings is 1. The minimum absolute atomic E-state index is 0.0399. The first kappa shape index (κ1) is 18.1. The molecule has 0 atom stereocenters. The van der Waals surface area contributed by atoms with Crippen LogP contribution in [0.3, 0.4) is 0 Å². The molecule has 0 saturated heterocycles. The third kappa shape index (κ3) is 3.47. The van der Waals surface area contributed by atoms with E-state index in [2.05, 4.69) is 10.3 Å². The Balaban J connectivity index is 1.83. The van der Waals surface area contributed by atoms with E-state index in [0.29, 0.717) is 12.1 Å². The molecule has 0 aliphatic carbocycles. The van der Waals surface area contributed by atoms with Crippen LogP contribution in [-0.4, -0.2) is 23.7 Å². The summed E-state index contributed by atoms with van der Waals surface area (Å²) in [6.45, 7) is 4.18. The number of pyridine rings is 1. The lowest BCUT2D eigenvalue weighted by atomic mass is 10.2. The molecule has 8 heteroatoms. The van der Waals surface area contributed by atoms with Gasteiger partial charge >= 0.3 is 0 Å². The van der Waals surface area contributed by atoms with E-state index in [-0.39, 0.29) is 17.3 Å². The molecule has 1 aromatic carbocycles. The highest BCUT2D eigenvalue weighted by atomic mass is 32.2. The van der Waals surface area contributed by atoms with Crippen molar-refractivity contribution in [2.75, 3.05) is 0 Å². The van der Waals surface area contributed by atoms with Gasteiger partial charge in [-0.1, -0.05) is 25.1 Å². The van der Waals surface area contributed by atoms with Gasteiger partial charge in [0.2, 0.25) is 10.0 Å². The molecular formula is C18H20N4O3S. The highest BCUT2D eigenvalue weighted by Gasteiger charge is 2.18. The van der Waals surface area contributed by atoms with Crippen molar-refractivity contribution < 1.29 is 13.2 Å². The average Bonchev–Trinajstić information content (AvgIpc) is 2.99. The molecule has 136 valence electrons. The van der Waals surface area contributed by atoms with Crippen LogP contribution in [0, 0.1) is 6.92 Å². The number of nitrogens with zero attached hydrogens (tertiary/aromatic N) is 2. The maximum Gasteiger partial charge on any atom is 0.270 e. The second kappa shape index (κ2) is 6.89. The minimum Gasteiger partial charge on any atom is -0.347 e. The van der Waals surface area contributed by atoms with E-state index in [1.54, 1.807) is 16.5 Å². The molecule has 0 fully saturated rings. The quantitative estimate of drug-likeness (QED) is 0.712. The summed E-state index contributed by atoms with van der Waals surface area (Å²) in [5.41, 5.74) is 3.80. The van der Waals surface area contributed by atoms with E-state index in [1.807, 2.05) is 32.2 Å². The molecule has 1 amide bonds. The predicted molar refractivity (Wildman–Crippen MR) is 98.3 cm³/mol. The van der Waals surface area contributed by atoms with Gasteiger partial charge in [0.1, 0.15) is 11.3 Å². The zero-order valence-corrected chi connectivity index (χ0v) is 15.4. The molecule has 3 aromatic rings. The maximum absolute atomic E-state index is 12.7.